The Hall–Kier alpha value is -2.12. The van der Waals surface area contributed by atoms with Crippen LogP contribution in [0.15, 0.2) is 53.6 Å². The molecule has 2 aromatic carbocycles. The summed E-state index contributed by atoms with van der Waals surface area (Å²) in [6.45, 7) is 3.84. The standard InChI is InChI=1S/C22H19ClF2O4S/c1-12-10-15-16-11-28-21-18(25)7-6-17(24)20(21)22(16,9-8-19(15)29-12)30(26,27)14-4-2-13(23)3-5-14/h2-7,15-16,19H,1,8-11H2/t15-,16-,19+,22-/m0/s1. The first kappa shape index (κ1) is 19.8. The highest BCUT2D eigenvalue weighted by molar-refractivity contribution is 7.92. The van der Waals surface area contributed by atoms with Crippen molar-refractivity contribution >= 4 is 21.4 Å². The fourth-order valence-corrected chi connectivity index (χ4v) is 7.94. The fraction of sp³-hybridized carbons (Fsp3) is 0.364. The Balaban J connectivity index is 1.80. The van der Waals surface area contributed by atoms with E-state index >= 15 is 4.39 Å². The minimum absolute atomic E-state index is 0.0182. The number of benzene rings is 2. The van der Waals surface area contributed by atoms with Gasteiger partial charge >= 0.3 is 0 Å². The number of ether oxygens (including phenoxy) is 2. The number of rotatable bonds is 2. The van der Waals surface area contributed by atoms with Gasteiger partial charge in [-0.15, -0.1) is 0 Å². The van der Waals surface area contributed by atoms with Crippen molar-refractivity contribution in [1.82, 2.24) is 0 Å². The minimum Gasteiger partial charge on any atom is -0.495 e. The lowest BCUT2D eigenvalue weighted by Gasteiger charge is -2.50. The van der Waals surface area contributed by atoms with Crippen LogP contribution in [0.3, 0.4) is 0 Å². The minimum atomic E-state index is -4.14. The van der Waals surface area contributed by atoms with Crippen LogP contribution in [0.1, 0.15) is 24.8 Å². The quantitative estimate of drug-likeness (QED) is 0.642. The van der Waals surface area contributed by atoms with E-state index in [-0.39, 0.29) is 41.3 Å². The van der Waals surface area contributed by atoms with Gasteiger partial charge in [-0.25, -0.2) is 17.2 Å². The molecule has 2 heterocycles. The number of sulfone groups is 1. The van der Waals surface area contributed by atoms with Crippen LogP contribution in [0, 0.1) is 23.5 Å². The van der Waals surface area contributed by atoms with Crippen LogP contribution in [0.4, 0.5) is 8.78 Å². The smallest absolute Gasteiger partial charge is 0.188 e. The Morgan fingerprint density at radius 2 is 1.80 bits per heavy atom. The lowest BCUT2D eigenvalue weighted by molar-refractivity contribution is 0.00939. The predicted octanol–water partition coefficient (Wildman–Crippen LogP) is 5.01. The monoisotopic (exact) mass is 452 g/mol. The van der Waals surface area contributed by atoms with E-state index in [1.165, 1.54) is 24.3 Å². The number of halogens is 3. The largest absolute Gasteiger partial charge is 0.495 e. The summed E-state index contributed by atoms with van der Waals surface area (Å²) in [5.41, 5.74) is -0.218. The van der Waals surface area contributed by atoms with Gasteiger partial charge in [0.2, 0.25) is 0 Å². The molecule has 5 rings (SSSR count). The predicted molar refractivity (Wildman–Crippen MR) is 107 cm³/mol. The summed E-state index contributed by atoms with van der Waals surface area (Å²) in [6, 6.07) is 7.71. The summed E-state index contributed by atoms with van der Waals surface area (Å²) in [5.74, 6) is -2.13. The molecule has 0 unspecified atom stereocenters. The molecule has 2 aromatic rings. The fourth-order valence-electron chi connectivity index (χ4n) is 5.41. The maximum Gasteiger partial charge on any atom is 0.188 e. The molecule has 0 bridgehead atoms. The Kier molecular flexibility index (Phi) is 4.42. The van der Waals surface area contributed by atoms with Crippen molar-refractivity contribution < 1.29 is 26.7 Å². The molecule has 1 aliphatic carbocycles. The summed E-state index contributed by atoms with van der Waals surface area (Å²) in [4.78, 5) is 0.0182. The molecule has 0 aromatic heterocycles. The molecular weight excluding hydrogens is 434 g/mol. The molecule has 8 heteroatoms. The van der Waals surface area contributed by atoms with Gasteiger partial charge in [0.25, 0.3) is 0 Å². The van der Waals surface area contributed by atoms with Crippen molar-refractivity contribution in [3.05, 3.63) is 71.0 Å². The molecule has 0 radical (unpaired) electrons. The zero-order valence-electron chi connectivity index (χ0n) is 15.9. The number of hydrogen-bond acceptors (Lipinski definition) is 4. The Labute approximate surface area is 178 Å². The van der Waals surface area contributed by atoms with Crippen molar-refractivity contribution in [3.63, 3.8) is 0 Å². The first-order chi connectivity index (χ1) is 14.3. The van der Waals surface area contributed by atoms with Gasteiger partial charge in [0.05, 0.1) is 22.8 Å². The molecule has 158 valence electrons. The molecule has 0 amide bonds. The van der Waals surface area contributed by atoms with E-state index in [2.05, 4.69) is 6.58 Å². The van der Waals surface area contributed by atoms with Crippen LogP contribution in [-0.4, -0.2) is 21.1 Å². The molecule has 0 spiro atoms. The lowest BCUT2D eigenvalue weighted by atomic mass is 9.66. The van der Waals surface area contributed by atoms with E-state index in [0.29, 0.717) is 23.6 Å². The normalized spacial score (nSPS) is 30.0. The topological polar surface area (TPSA) is 52.6 Å². The summed E-state index contributed by atoms with van der Waals surface area (Å²) < 4.78 is 67.8. The highest BCUT2D eigenvalue weighted by atomic mass is 35.5. The second kappa shape index (κ2) is 6.69. The molecule has 1 saturated carbocycles. The summed E-state index contributed by atoms with van der Waals surface area (Å²) in [7, 11) is -4.14. The van der Waals surface area contributed by atoms with E-state index in [4.69, 9.17) is 21.1 Å². The SMILES string of the molecule is C=C1C[C@@H]2[C@@H](CC[C@@]3(S(=O)(=O)c4ccc(Cl)cc4)c4c(F)ccc(F)c4OC[C@@H]23)O1. The van der Waals surface area contributed by atoms with Crippen LogP contribution in [-0.2, 0) is 19.3 Å². The maximum absolute atomic E-state index is 15.2. The van der Waals surface area contributed by atoms with Gasteiger partial charge in [-0.05, 0) is 49.2 Å². The number of allylic oxidation sites excluding steroid dienone is 1. The van der Waals surface area contributed by atoms with Crippen LogP contribution < -0.4 is 4.74 Å². The molecule has 2 fully saturated rings. The van der Waals surface area contributed by atoms with E-state index < -0.39 is 32.1 Å². The van der Waals surface area contributed by atoms with Gasteiger partial charge in [0, 0.05) is 23.3 Å². The van der Waals surface area contributed by atoms with Gasteiger partial charge in [0.15, 0.2) is 21.4 Å². The van der Waals surface area contributed by atoms with Gasteiger partial charge < -0.3 is 9.47 Å². The van der Waals surface area contributed by atoms with Crippen LogP contribution in [0.25, 0.3) is 0 Å². The zero-order chi connectivity index (χ0) is 21.3. The van der Waals surface area contributed by atoms with Crippen molar-refractivity contribution in [3.8, 4) is 5.75 Å². The highest BCUT2D eigenvalue weighted by Crippen LogP contribution is 2.60. The summed E-state index contributed by atoms with van der Waals surface area (Å²) in [5, 5.41) is 0.386. The van der Waals surface area contributed by atoms with E-state index in [1.807, 2.05) is 0 Å². The third-order valence-electron chi connectivity index (χ3n) is 6.67. The molecular formula is C22H19ClF2O4S. The summed E-state index contributed by atoms with van der Waals surface area (Å²) in [6.07, 6.45) is 0.733. The molecule has 2 aliphatic heterocycles. The third-order valence-corrected chi connectivity index (χ3v) is 9.48. The van der Waals surface area contributed by atoms with Crippen LogP contribution >= 0.6 is 11.6 Å². The van der Waals surface area contributed by atoms with Gasteiger partial charge in [0.1, 0.15) is 16.7 Å². The first-order valence-electron chi connectivity index (χ1n) is 9.71. The van der Waals surface area contributed by atoms with E-state index in [1.54, 1.807) is 0 Å². The van der Waals surface area contributed by atoms with Crippen molar-refractivity contribution in [2.75, 3.05) is 6.61 Å². The lowest BCUT2D eigenvalue weighted by Crippen LogP contribution is -2.56. The highest BCUT2D eigenvalue weighted by Gasteiger charge is 2.64. The number of fused-ring (bicyclic) bond motifs is 5. The molecule has 0 N–H and O–H groups in total. The molecule has 1 saturated heterocycles. The first-order valence-corrected chi connectivity index (χ1v) is 11.6. The van der Waals surface area contributed by atoms with E-state index in [0.717, 1.165) is 12.1 Å². The van der Waals surface area contributed by atoms with Crippen LogP contribution in [0.2, 0.25) is 5.02 Å². The average Bonchev–Trinajstić information content (AvgIpc) is 3.10. The van der Waals surface area contributed by atoms with Gasteiger partial charge in [-0.3, -0.25) is 0 Å². The molecule has 3 aliphatic rings. The zero-order valence-corrected chi connectivity index (χ0v) is 17.5. The van der Waals surface area contributed by atoms with Gasteiger partial charge in [-0.1, -0.05) is 18.2 Å². The van der Waals surface area contributed by atoms with Crippen molar-refractivity contribution in [2.24, 2.45) is 11.8 Å². The Morgan fingerprint density at radius 1 is 1.10 bits per heavy atom. The second-order valence-electron chi connectivity index (χ2n) is 8.10. The number of hydrogen-bond donors (Lipinski definition) is 0. The van der Waals surface area contributed by atoms with Gasteiger partial charge in [-0.2, -0.15) is 0 Å². The van der Waals surface area contributed by atoms with Crippen molar-refractivity contribution in [2.45, 2.75) is 35.0 Å². The Bertz CT molecular complexity index is 1150. The summed E-state index contributed by atoms with van der Waals surface area (Å²) >= 11 is 5.95. The average molecular weight is 453 g/mol. The molecule has 4 atom stereocenters. The molecule has 30 heavy (non-hydrogen) atoms. The van der Waals surface area contributed by atoms with Crippen LogP contribution in [0.5, 0.6) is 5.75 Å². The third kappa shape index (κ3) is 2.57. The van der Waals surface area contributed by atoms with E-state index in [9.17, 15) is 12.8 Å². The Morgan fingerprint density at radius 3 is 2.53 bits per heavy atom. The molecule has 4 nitrogen and oxygen atoms in total. The van der Waals surface area contributed by atoms with Crippen molar-refractivity contribution in [1.29, 1.82) is 0 Å². The second-order valence-corrected chi connectivity index (χ2v) is 10.7. The maximum atomic E-state index is 15.2.